The smallest absolute Gasteiger partial charge is 0.174 e. The van der Waals surface area contributed by atoms with Gasteiger partial charge in [0.1, 0.15) is 0 Å². The van der Waals surface area contributed by atoms with Gasteiger partial charge in [0.15, 0.2) is 5.17 Å². The van der Waals surface area contributed by atoms with E-state index in [1.54, 1.807) is 11.8 Å². The van der Waals surface area contributed by atoms with E-state index in [1.165, 1.54) is 38.4 Å². The van der Waals surface area contributed by atoms with Crippen LogP contribution in [0.4, 0.5) is 0 Å². The SMILES string of the molecule is Cc1ccc(C2C3=C(N=C4SC=C(c5ccc(Br)cc5)N42)c2ccccc2SC3)cc1. The second kappa shape index (κ2) is 7.73. The Balaban J connectivity index is 1.53. The lowest BCUT2D eigenvalue weighted by molar-refractivity contribution is 0.490. The average molecular weight is 503 g/mol. The van der Waals surface area contributed by atoms with E-state index in [0.29, 0.717) is 0 Å². The van der Waals surface area contributed by atoms with Crippen LogP contribution in [0.25, 0.3) is 11.4 Å². The van der Waals surface area contributed by atoms with Gasteiger partial charge >= 0.3 is 0 Å². The zero-order valence-corrected chi connectivity index (χ0v) is 20.1. The van der Waals surface area contributed by atoms with Gasteiger partial charge in [-0.25, -0.2) is 4.99 Å². The number of benzene rings is 3. The predicted molar refractivity (Wildman–Crippen MR) is 137 cm³/mol. The number of aryl methyl sites for hydroxylation is 1. The normalized spacial score (nSPS) is 19.4. The van der Waals surface area contributed by atoms with Gasteiger partial charge in [0.05, 0.1) is 17.4 Å². The van der Waals surface area contributed by atoms with Crippen LogP contribution in [0.5, 0.6) is 0 Å². The molecule has 0 saturated carbocycles. The second-order valence-corrected chi connectivity index (χ2v) is 10.6. The molecular weight excluding hydrogens is 484 g/mol. The Kier molecular flexibility index (Phi) is 4.86. The van der Waals surface area contributed by atoms with Crippen LogP contribution in [-0.2, 0) is 0 Å². The summed E-state index contributed by atoms with van der Waals surface area (Å²) >= 11 is 7.22. The molecule has 0 aromatic heterocycles. The van der Waals surface area contributed by atoms with Crippen LogP contribution in [-0.4, -0.2) is 15.8 Å². The van der Waals surface area contributed by atoms with Crippen molar-refractivity contribution < 1.29 is 0 Å². The molecular formula is C26H19BrN2S2. The lowest BCUT2D eigenvalue weighted by Gasteiger charge is -2.39. The minimum absolute atomic E-state index is 0.147. The molecule has 3 heterocycles. The van der Waals surface area contributed by atoms with E-state index in [0.717, 1.165) is 21.1 Å². The Hall–Kier alpha value is -2.21. The summed E-state index contributed by atoms with van der Waals surface area (Å²) in [6, 6.07) is 26.4. The fraction of sp³-hybridized carbons (Fsp3) is 0.115. The van der Waals surface area contributed by atoms with Crippen molar-refractivity contribution >= 4 is 56.0 Å². The first kappa shape index (κ1) is 19.5. The first-order valence-corrected chi connectivity index (χ1v) is 12.9. The van der Waals surface area contributed by atoms with Gasteiger partial charge in [-0.1, -0.05) is 87.9 Å². The maximum atomic E-state index is 5.20. The minimum atomic E-state index is 0.147. The van der Waals surface area contributed by atoms with Gasteiger partial charge in [-0.05, 0) is 41.8 Å². The molecule has 0 radical (unpaired) electrons. The predicted octanol–water partition coefficient (Wildman–Crippen LogP) is 7.73. The molecule has 0 saturated heterocycles. The van der Waals surface area contributed by atoms with Crippen LogP contribution in [0.1, 0.15) is 28.3 Å². The van der Waals surface area contributed by atoms with Crippen LogP contribution >= 0.6 is 39.5 Å². The van der Waals surface area contributed by atoms with Gasteiger partial charge in [0, 0.05) is 26.1 Å². The number of rotatable bonds is 2. The van der Waals surface area contributed by atoms with E-state index >= 15 is 0 Å². The number of halogens is 1. The maximum absolute atomic E-state index is 5.20. The molecule has 0 amide bonds. The molecule has 1 atom stereocenters. The second-order valence-electron chi connectivity index (χ2n) is 7.86. The molecule has 3 aliphatic heterocycles. The third kappa shape index (κ3) is 3.30. The van der Waals surface area contributed by atoms with Crippen molar-refractivity contribution in [3.63, 3.8) is 0 Å². The lowest BCUT2D eigenvalue weighted by atomic mass is 9.91. The summed E-state index contributed by atoms with van der Waals surface area (Å²) in [6.45, 7) is 2.15. The van der Waals surface area contributed by atoms with Crippen molar-refractivity contribution in [2.75, 3.05) is 5.75 Å². The van der Waals surface area contributed by atoms with E-state index in [2.05, 4.69) is 106 Å². The third-order valence-corrected chi connectivity index (χ3v) is 8.39. The number of hydrogen-bond donors (Lipinski definition) is 0. The summed E-state index contributed by atoms with van der Waals surface area (Å²) in [7, 11) is 0. The molecule has 0 fully saturated rings. The molecule has 0 N–H and O–H groups in total. The van der Waals surface area contributed by atoms with E-state index in [9.17, 15) is 0 Å². The molecule has 0 aliphatic carbocycles. The lowest BCUT2D eigenvalue weighted by Crippen LogP contribution is -2.34. The van der Waals surface area contributed by atoms with Crippen LogP contribution in [0.15, 0.2) is 98.1 Å². The summed E-state index contributed by atoms with van der Waals surface area (Å²) in [6.07, 6.45) is 0. The number of aliphatic imine (C=N–C) groups is 1. The van der Waals surface area contributed by atoms with Gasteiger partial charge in [-0.2, -0.15) is 0 Å². The average Bonchev–Trinajstić information content (AvgIpc) is 3.22. The minimum Gasteiger partial charge on any atom is -0.308 e. The first-order valence-electron chi connectivity index (χ1n) is 10.2. The molecule has 3 aliphatic rings. The van der Waals surface area contributed by atoms with Gasteiger partial charge in [-0.15, -0.1) is 11.8 Å². The van der Waals surface area contributed by atoms with Crippen LogP contribution in [0.3, 0.4) is 0 Å². The molecule has 3 aromatic rings. The highest BCUT2D eigenvalue weighted by molar-refractivity contribution is 9.10. The fourth-order valence-electron chi connectivity index (χ4n) is 4.36. The fourth-order valence-corrected chi connectivity index (χ4v) is 6.65. The summed E-state index contributed by atoms with van der Waals surface area (Å²) in [5.74, 6) is 0.955. The van der Waals surface area contributed by atoms with Crippen LogP contribution in [0.2, 0.25) is 0 Å². The van der Waals surface area contributed by atoms with Crippen molar-refractivity contribution in [2.24, 2.45) is 4.99 Å². The molecule has 1 unspecified atom stereocenters. The largest absolute Gasteiger partial charge is 0.308 e. The molecule has 3 aromatic carbocycles. The zero-order chi connectivity index (χ0) is 20.9. The Bertz CT molecular complexity index is 1270. The standard InChI is InChI=1S/C26H19BrN2S2/c1-16-6-8-18(9-7-16)25-21-14-30-23-5-3-2-4-20(23)24(21)28-26-29(25)22(15-31-26)17-10-12-19(27)13-11-17/h2-13,15,25H,14H2,1H3. The summed E-state index contributed by atoms with van der Waals surface area (Å²) in [5.41, 5.74) is 8.84. The van der Waals surface area contributed by atoms with E-state index in [4.69, 9.17) is 4.99 Å². The van der Waals surface area contributed by atoms with Gasteiger partial charge in [0.25, 0.3) is 0 Å². The van der Waals surface area contributed by atoms with Crippen LogP contribution < -0.4 is 0 Å². The summed E-state index contributed by atoms with van der Waals surface area (Å²) < 4.78 is 1.09. The third-order valence-electron chi connectivity index (χ3n) is 5.90. The zero-order valence-electron chi connectivity index (χ0n) is 16.9. The van der Waals surface area contributed by atoms with Crippen molar-refractivity contribution in [1.82, 2.24) is 4.90 Å². The van der Waals surface area contributed by atoms with Gasteiger partial charge in [0.2, 0.25) is 0 Å². The topological polar surface area (TPSA) is 15.6 Å². The number of nitrogens with zero attached hydrogens (tertiary/aromatic N) is 2. The summed E-state index contributed by atoms with van der Waals surface area (Å²) in [4.78, 5) is 8.97. The highest BCUT2D eigenvalue weighted by Crippen LogP contribution is 2.52. The Morgan fingerprint density at radius 2 is 1.74 bits per heavy atom. The first-order chi connectivity index (χ1) is 15.2. The monoisotopic (exact) mass is 502 g/mol. The molecule has 31 heavy (non-hydrogen) atoms. The highest BCUT2D eigenvalue weighted by atomic mass is 79.9. The summed E-state index contributed by atoms with van der Waals surface area (Å²) in [5, 5.41) is 3.31. The van der Waals surface area contributed by atoms with Crippen LogP contribution in [0, 0.1) is 6.92 Å². The van der Waals surface area contributed by atoms with Gasteiger partial charge in [-0.3, -0.25) is 0 Å². The molecule has 152 valence electrons. The van der Waals surface area contributed by atoms with Crippen molar-refractivity contribution in [3.05, 3.63) is 111 Å². The molecule has 0 bridgehead atoms. The Morgan fingerprint density at radius 1 is 0.968 bits per heavy atom. The van der Waals surface area contributed by atoms with Crippen molar-refractivity contribution in [1.29, 1.82) is 0 Å². The van der Waals surface area contributed by atoms with E-state index in [-0.39, 0.29) is 6.04 Å². The van der Waals surface area contributed by atoms with Crippen molar-refractivity contribution in [3.8, 4) is 0 Å². The van der Waals surface area contributed by atoms with Gasteiger partial charge < -0.3 is 4.90 Å². The quantitative estimate of drug-likeness (QED) is 0.356. The number of hydrogen-bond acceptors (Lipinski definition) is 4. The molecule has 6 rings (SSSR count). The Morgan fingerprint density at radius 3 is 2.55 bits per heavy atom. The van der Waals surface area contributed by atoms with E-state index < -0.39 is 0 Å². The molecule has 0 spiro atoms. The number of amidine groups is 1. The highest BCUT2D eigenvalue weighted by Gasteiger charge is 2.40. The Labute approximate surface area is 199 Å². The number of fused-ring (bicyclic) bond motifs is 3. The molecule has 5 heteroatoms. The number of thioether (sulfide) groups is 2. The maximum Gasteiger partial charge on any atom is 0.174 e. The molecule has 2 nitrogen and oxygen atoms in total. The van der Waals surface area contributed by atoms with Crippen molar-refractivity contribution in [2.45, 2.75) is 17.9 Å². The van der Waals surface area contributed by atoms with E-state index in [1.807, 2.05) is 11.8 Å².